The van der Waals surface area contributed by atoms with E-state index in [-0.39, 0.29) is 28.7 Å². The van der Waals surface area contributed by atoms with E-state index in [4.69, 9.17) is 4.74 Å². The van der Waals surface area contributed by atoms with Crippen molar-refractivity contribution in [3.05, 3.63) is 77.1 Å². The first-order valence-corrected chi connectivity index (χ1v) is 10.3. The van der Waals surface area contributed by atoms with Crippen LogP contribution in [0.4, 0.5) is 17.6 Å². The number of nitrogens with one attached hydrogen (secondary N) is 1. The fraction of sp³-hybridized carbons (Fsp3) is 0.280. The number of carbonyl (C=O) groups excluding carboxylic acids is 1. The Morgan fingerprint density at radius 3 is 2.12 bits per heavy atom. The third-order valence-electron chi connectivity index (χ3n) is 5.24. The Morgan fingerprint density at radius 2 is 1.59 bits per heavy atom. The summed E-state index contributed by atoms with van der Waals surface area (Å²) >= 11 is 0. The Labute approximate surface area is 193 Å². The molecule has 1 amide bonds. The van der Waals surface area contributed by atoms with Gasteiger partial charge >= 0.3 is 12.1 Å². The van der Waals surface area contributed by atoms with Crippen molar-refractivity contribution >= 4 is 22.6 Å². The van der Waals surface area contributed by atoms with Crippen molar-refractivity contribution in [1.29, 1.82) is 0 Å². The highest BCUT2D eigenvalue weighted by Gasteiger charge is 2.34. The molecule has 0 saturated carbocycles. The number of ether oxygens (including phenoxy) is 1. The summed E-state index contributed by atoms with van der Waals surface area (Å²) in [6.45, 7) is 4.70. The SMILES string of the molecule is CC(C)(C)[C@H](NC(=O)c1cc(F)c2ccccc2c1OCc1ccc(C(F)(F)F)cc1)C(=O)O. The van der Waals surface area contributed by atoms with Crippen LogP contribution in [0, 0.1) is 11.2 Å². The average molecular weight is 477 g/mol. The molecule has 3 rings (SSSR count). The van der Waals surface area contributed by atoms with E-state index in [0.717, 1.165) is 18.2 Å². The summed E-state index contributed by atoms with van der Waals surface area (Å²) in [5.41, 5.74) is -1.48. The molecule has 0 aliphatic carbocycles. The number of carbonyl (C=O) groups is 2. The van der Waals surface area contributed by atoms with Gasteiger partial charge in [-0.05, 0) is 29.2 Å². The number of carboxylic acids is 1. The highest BCUT2D eigenvalue weighted by atomic mass is 19.4. The van der Waals surface area contributed by atoms with E-state index < -0.39 is 40.9 Å². The lowest BCUT2D eigenvalue weighted by Gasteiger charge is -2.28. The van der Waals surface area contributed by atoms with Gasteiger partial charge in [-0.2, -0.15) is 13.2 Å². The molecule has 2 N–H and O–H groups in total. The van der Waals surface area contributed by atoms with Crippen molar-refractivity contribution < 1.29 is 37.0 Å². The number of rotatable bonds is 6. The molecule has 34 heavy (non-hydrogen) atoms. The van der Waals surface area contributed by atoms with E-state index >= 15 is 0 Å². The summed E-state index contributed by atoms with van der Waals surface area (Å²) < 4.78 is 59.0. The molecule has 180 valence electrons. The van der Waals surface area contributed by atoms with Gasteiger partial charge in [0.05, 0.1) is 11.1 Å². The summed E-state index contributed by atoms with van der Waals surface area (Å²) in [6, 6.07) is 10.3. The van der Waals surface area contributed by atoms with Crippen molar-refractivity contribution in [3.63, 3.8) is 0 Å². The van der Waals surface area contributed by atoms with Crippen LogP contribution in [-0.2, 0) is 17.6 Å². The maximum atomic E-state index is 14.8. The quantitative estimate of drug-likeness (QED) is 0.440. The van der Waals surface area contributed by atoms with Gasteiger partial charge in [0.25, 0.3) is 5.91 Å². The first-order valence-electron chi connectivity index (χ1n) is 10.3. The van der Waals surface area contributed by atoms with Crippen LogP contribution in [0.15, 0.2) is 54.6 Å². The van der Waals surface area contributed by atoms with Gasteiger partial charge in [-0.3, -0.25) is 4.79 Å². The molecule has 0 saturated heterocycles. The maximum Gasteiger partial charge on any atom is 0.416 e. The van der Waals surface area contributed by atoms with Gasteiger partial charge in [-0.1, -0.05) is 57.2 Å². The van der Waals surface area contributed by atoms with Crippen molar-refractivity contribution in [2.45, 2.75) is 39.6 Å². The van der Waals surface area contributed by atoms with Crippen LogP contribution in [0.2, 0.25) is 0 Å². The Balaban J connectivity index is 1.99. The number of fused-ring (bicyclic) bond motifs is 1. The summed E-state index contributed by atoms with van der Waals surface area (Å²) in [5, 5.41) is 12.4. The fourth-order valence-corrected chi connectivity index (χ4v) is 3.43. The maximum absolute atomic E-state index is 14.8. The second-order valence-corrected chi connectivity index (χ2v) is 8.87. The van der Waals surface area contributed by atoms with Gasteiger partial charge in [-0.15, -0.1) is 0 Å². The van der Waals surface area contributed by atoms with Crippen LogP contribution in [0.25, 0.3) is 10.8 Å². The minimum absolute atomic E-state index is 0.00699. The van der Waals surface area contributed by atoms with Gasteiger partial charge in [0, 0.05) is 10.8 Å². The van der Waals surface area contributed by atoms with Crippen molar-refractivity contribution in [1.82, 2.24) is 5.32 Å². The largest absolute Gasteiger partial charge is 0.487 e. The minimum Gasteiger partial charge on any atom is -0.487 e. The summed E-state index contributed by atoms with van der Waals surface area (Å²) in [4.78, 5) is 24.7. The highest BCUT2D eigenvalue weighted by molar-refractivity contribution is 6.05. The standard InChI is InChI=1S/C25H23F4NO4/c1-24(2,3)21(23(32)33)30-22(31)18-12-19(26)16-6-4-5-7-17(16)20(18)34-13-14-8-10-15(11-9-14)25(27,28)29/h4-12,21H,13H2,1-3H3,(H,30,31)(H,32,33)/t21-/m1/s1. The molecule has 5 nitrogen and oxygen atoms in total. The van der Waals surface area contributed by atoms with E-state index in [9.17, 15) is 32.3 Å². The number of amides is 1. The number of benzene rings is 3. The number of carboxylic acid groups (broad SMARTS) is 1. The van der Waals surface area contributed by atoms with Crippen molar-refractivity contribution in [2.75, 3.05) is 0 Å². The van der Waals surface area contributed by atoms with E-state index in [1.165, 1.54) is 24.3 Å². The Kier molecular flexibility index (Phi) is 6.86. The second-order valence-electron chi connectivity index (χ2n) is 8.87. The zero-order valence-electron chi connectivity index (χ0n) is 18.7. The molecule has 0 bridgehead atoms. The third-order valence-corrected chi connectivity index (χ3v) is 5.24. The second kappa shape index (κ2) is 9.32. The lowest BCUT2D eigenvalue weighted by molar-refractivity contribution is -0.142. The molecule has 9 heteroatoms. The van der Waals surface area contributed by atoms with Gasteiger partial charge in [0.2, 0.25) is 0 Å². The van der Waals surface area contributed by atoms with Crippen LogP contribution >= 0.6 is 0 Å². The van der Waals surface area contributed by atoms with E-state index in [0.29, 0.717) is 5.56 Å². The lowest BCUT2D eigenvalue weighted by atomic mass is 9.86. The molecule has 0 aromatic heterocycles. The predicted octanol–water partition coefficient (Wildman–Crippen LogP) is 5.81. The molecule has 1 atom stereocenters. The monoisotopic (exact) mass is 477 g/mol. The summed E-state index contributed by atoms with van der Waals surface area (Å²) in [7, 11) is 0. The molecule has 0 aliphatic rings. The lowest BCUT2D eigenvalue weighted by Crippen LogP contribution is -2.49. The average Bonchev–Trinajstić information content (AvgIpc) is 2.75. The molecule has 0 heterocycles. The van der Waals surface area contributed by atoms with Crippen LogP contribution < -0.4 is 10.1 Å². The molecule has 0 unspecified atom stereocenters. The first-order chi connectivity index (χ1) is 15.8. The molecule has 3 aromatic rings. The van der Waals surface area contributed by atoms with E-state index in [1.807, 2.05) is 0 Å². The molecule has 0 fully saturated rings. The van der Waals surface area contributed by atoms with Crippen molar-refractivity contribution in [2.24, 2.45) is 5.41 Å². The Bertz CT molecular complexity index is 1210. The van der Waals surface area contributed by atoms with Gasteiger partial charge < -0.3 is 15.2 Å². The highest BCUT2D eigenvalue weighted by Crippen LogP contribution is 2.34. The molecular formula is C25H23F4NO4. The zero-order chi connectivity index (χ0) is 25.3. The number of alkyl halides is 3. The Hall–Kier alpha value is -3.62. The molecule has 0 radical (unpaired) electrons. The molecule has 3 aromatic carbocycles. The first kappa shape index (κ1) is 25.0. The fourth-order valence-electron chi connectivity index (χ4n) is 3.43. The summed E-state index contributed by atoms with van der Waals surface area (Å²) in [6.07, 6.45) is -4.48. The van der Waals surface area contributed by atoms with Crippen LogP contribution in [-0.4, -0.2) is 23.0 Å². The topological polar surface area (TPSA) is 75.6 Å². The van der Waals surface area contributed by atoms with E-state index in [1.54, 1.807) is 32.9 Å². The van der Waals surface area contributed by atoms with Crippen molar-refractivity contribution in [3.8, 4) is 5.75 Å². The zero-order valence-corrected chi connectivity index (χ0v) is 18.7. The van der Waals surface area contributed by atoms with Crippen LogP contribution in [0.3, 0.4) is 0 Å². The smallest absolute Gasteiger partial charge is 0.416 e. The third kappa shape index (κ3) is 5.47. The van der Waals surface area contributed by atoms with Crippen LogP contribution in [0.1, 0.15) is 42.3 Å². The van der Waals surface area contributed by atoms with Gasteiger partial charge in [-0.25, -0.2) is 9.18 Å². The molecular weight excluding hydrogens is 454 g/mol. The van der Waals surface area contributed by atoms with Gasteiger partial charge in [0.15, 0.2) is 0 Å². The van der Waals surface area contributed by atoms with Crippen LogP contribution in [0.5, 0.6) is 5.75 Å². The molecule has 0 spiro atoms. The Morgan fingerprint density at radius 1 is 1.00 bits per heavy atom. The predicted molar refractivity (Wildman–Crippen MR) is 118 cm³/mol. The number of hydrogen-bond acceptors (Lipinski definition) is 3. The summed E-state index contributed by atoms with van der Waals surface area (Å²) in [5.74, 6) is -2.82. The van der Waals surface area contributed by atoms with Gasteiger partial charge in [0.1, 0.15) is 24.2 Å². The number of hydrogen-bond donors (Lipinski definition) is 2. The number of halogens is 4. The number of aliphatic carboxylic acids is 1. The normalized spacial score (nSPS) is 12.9. The molecule has 0 aliphatic heterocycles. The minimum atomic E-state index is -4.48. The van der Waals surface area contributed by atoms with E-state index in [2.05, 4.69) is 5.32 Å².